The molecule has 1 aromatic carbocycles. The minimum Gasteiger partial charge on any atom is -0.413 e. The third kappa shape index (κ3) is 2.18. The molecule has 3 aromatic rings. The number of hydrogen-bond donors (Lipinski definition) is 0. The van der Waals surface area contributed by atoms with E-state index in [2.05, 4.69) is 20.0 Å². The van der Waals surface area contributed by atoms with E-state index >= 15 is 0 Å². The van der Waals surface area contributed by atoms with Gasteiger partial charge in [-0.2, -0.15) is 0 Å². The van der Waals surface area contributed by atoms with Gasteiger partial charge >= 0.3 is 5.69 Å². The first-order valence-electron chi connectivity index (χ1n) is 5.71. The largest absolute Gasteiger partial charge is 0.413 e. The third-order valence-electron chi connectivity index (χ3n) is 2.75. The molecule has 2 aromatic heterocycles. The van der Waals surface area contributed by atoms with Crippen LogP contribution < -0.4 is 4.90 Å². The number of nitro benzene ring substituents is 1. The molecular weight excluding hydrogens is 282 g/mol. The highest BCUT2D eigenvalue weighted by atomic mass is 16.8. The lowest BCUT2D eigenvalue weighted by Gasteiger charge is -1.94. The summed E-state index contributed by atoms with van der Waals surface area (Å²) in [6, 6.07) is 5.75. The third-order valence-corrected chi connectivity index (χ3v) is 2.75. The van der Waals surface area contributed by atoms with Crippen LogP contribution in [0.2, 0.25) is 0 Å². The van der Waals surface area contributed by atoms with Crippen LogP contribution in [0.3, 0.4) is 0 Å². The molecular formula is C11H7N5O5. The van der Waals surface area contributed by atoms with Crippen LogP contribution in [0.25, 0.3) is 23.0 Å². The summed E-state index contributed by atoms with van der Waals surface area (Å²) in [6.45, 7) is 1.48. The molecule has 0 unspecified atom stereocenters. The second-order valence-corrected chi connectivity index (χ2v) is 4.08. The highest BCUT2D eigenvalue weighted by Gasteiger charge is 2.23. The van der Waals surface area contributed by atoms with Gasteiger partial charge in [0, 0.05) is 24.6 Å². The maximum absolute atomic E-state index is 11.1. The maximum Gasteiger partial charge on any atom is 0.307 e. The first-order valence-corrected chi connectivity index (χ1v) is 5.71. The summed E-state index contributed by atoms with van der Waals surface area (Å²) in [5.74, 6) is 0.0703. The van der Waals surface area contributed by atoms with Gasteiger partial charge in [0.25, 0.3) is 11.6 Å². The summed E-state index contributed by atoms with van der Waals surface area (Å²) >= 11 is 0. The molecule has 10 nitrogen and oxygen atoms in total. The second-order valence-electron chi connectivity index (χ2n) is 4.08. The Hall–Kier alpha value is -3.30. The molecule has 0 aliphatic carbocycles. The number of non-ortho nitro benzene ring substituents is 1. The number of benzene rings is 1. The average molecular weight is 289 g/mol. The Balaban J connectivity index is 2.00. The Morgan fingerprint density at radius 3 is 2.71 bits per heavy atom. The monoisotopic (exact) mass is 289 g/mol. The zero-order valence-electron chi connectivity index (χ0n) is 10.6. The van der Waals surface area contributed by atoms with Crippen molar-refractivity contribution in [3.63, 3.8) is 0 Å². The van der Waals surface area contributed by atoms with Crippen molar-refractivity contribution in [3.8, 4) is 23.0 Å². The van der Waals surface area contributed by atoms with Gasteiger partial charge in [-0.1, -0.05) is 6.07 Å². The van der Waals surface area contributed by atoms with Gasteiger partial charge in [0.1, 0.15) is 0 Å². The van der Waals surface area contributed by atoms with Crippen molar-refractivity contribution in [2.45, 2.75) is 6.92 Å². The number of nitro groups is 1. The molecule has 0 spiro atoms. The average Bonchev–Trinajstić information content (AvgIpc) is 3.07. The summed E-state index contributed by atoms with van der Waals surface area (Å²) in [7, 11) is 0. The van der Waals surface area contributed by atoms with E-state index in [-0.39, 0.29) is 33.8 Å². The predicted molar refractivity (Wildman–Crippen MR) is 65.6 cm³/mol. The Bertz CT molecular complexity index is 824. The van der Waals surface area contributed by atoms with E-state index in [1.165, 1.54) is 25.1 Å². The van der Waals surface area contributed by atoms with Crippen LogP contribution in [0.4, 0.5) is 5.69 Å². The molecule has 0 aliphatic heterocycles. The lowest BCUT2D eigenvalue weighted by molar-refractivity contribution is -0.806. The Kier molecular flexibility index (Phi) is 2.83. The first-order chi connectivity index (χ1) is 10.1. The van der Waals surface area contributed by atoms with Gasteiger partial charge in [-0.15, -0.1) is 10.2 Å². The van der Waals surface area contributed by atoms with E-state index < -0.39 is 4.92 Å². The highest BCUT2D eigenvalue weighted by Crippen LogP contribution is 2.26. The van der Waals surface area contributed by atoms with Crippen molar-refractivity contribution in [1.29, 1.82) is 0 Å². The van der Waals surface area contributed by atoms with Gasteiger partial charge in [0.15, 0.2) is 0 Å². The van der Waals surface area contributed by atoms with Gasteiger partial charge in [0.2, 0.25) is 11.6 Å². The zero-order valence-corrected chi connectivity index (χ0v) is 10.6. The lowest BCUT2D eigenvalue weighted by Crippen LogP contribution is -2.25. The highest BCUT2D eigenvalue weighted by molar-refractivity contribution is 5.59. The topological polar surface area (TPSA) is 135 Å². The number of nitrogens with zero attached hydrogens (tertiary/aromatic N) is 5. The van der Waals surface area contributed by atoms with Crippen LogP contribution in [0.1, 0.15) is 5.69 Å². The Morgan fingerprint density at radius 2 is 2.05 bits per heavy atom. The van der Waals surface area contributed by atoms with E-state index in [0.29, 0.717) is 5.56 Å². The van der Waals surface area contributed by atoms with Crippen LogP contribution in [0, 0.1) is 22.2 Å². The number of aromatic nitrogens is 4. The quantitative estimate of drug-likeness (QED) is 0.399. The van der Waals surface area contributed by atoms with Gasteiger partial charge in [0.05, 0.1) is 10.1 Å². The molecule has 10 heteroatoms. The second kappa shape index (κ2) is 4.67. The Morgan fingerprint density at radius 1 is 1.29 bits per heavy atom. The molecule has 106 valence electrons. The van der Waals surface area contributed by atoms with Crippen molar-refractivity contribution in [1.82, 2.24) is 15.4 Å². The van der Waals surface area contributed by atoms with Gasteiger partial charge < -0.3 is 9.62 Å². The maximum atomic E-state index is 11.1. The molecule has 0 saturated carbocycles. The lowest BCUT2D eigenvalue weighted by atomic mass is 10.2. The van der Waals surface area contributed by atoms with Gasteiger partial charge in [-0.05, 0) is 11.0 Å². The smallest absolute Gasteiger partial charge is 0.307 e. The van der Waals surface area contributed by atoms with Crippen molar-refractivity contribution in [3.05, 3.63) is 45.3 Å². The number of rotatable bonds is 3. The molecule has 2 heterocycles. The number of hydrogen-bond acceptors (Lipinski definition) is 8. The summed E-state index contributed by atoms with van der Waals surface area (Å²) < 4.78 is 9.77. The molecule has 0 aliphatic rings. The summed E-state index contributed by atoms with van der Waals surface area (Å²) in [5, 5.41) is 32.9. The molecule has 0 N–H and O–H groups in total. The van der Waals surface area contributed by atoms with E-state index in [9.17, 15) is 15.3 Å². The molecule has 0 radical (unpaired) electrons. The van der Waals surface area contributed by atoms with E-state index in [0.717, 1.165) is 0 Å². The SMILES string of the molecule is Cc1c(-c2nnc(-c3cccc([N+](=O)[O-])c3)o2)no[n+]1[O-]. The van der Waals surface area contributed by atoms with Crippen molar-refractivity contribution < 1.29 is 18.9 Å². The van der Waals surface area contributed by atoms with Crippen LogP contribution >= 0.6 is 0 Å². The zero-order chi connectivity index (χ0) is 15.0. The summed E-state index contributed by atoms with van der Waals surface area (Å²) in [4.78, 5) is 10.4. The molecule has 0 amide bonds. The minimum atomic E-state index is -0.525. The van der Waals surface area contributed by atoms with E-state index in [1.54, 1.807) is 6.07 Å². The standard InChI is InChI=1S/C11H7N5O5/c1-6-9(14-21-16(6)19)11-13-12-10(20-11)7-3-2-4-8(5-7)15(17)18/h2-5H,1H3. The molecule has 21 heavy (non-hydrogen) atoms. The molecule has 0 bridgehead atoms. The van der Waals surface area contributed by atoms with Crippen LogP contribution in [0.15, 0.2) is 33.3 Å². The fourth-order valence-electron chi connectivity index (χ4n) is 1.67. The van der Waals surface area contributed by atoms with Crippen LogP contribution in [-0.2, 0) is 0 Å². The summed E-state index contributed by atoms with van der Waals surface area (Å²) in [6.07, 6.45) is 0. The molecule has 0 fully saturated rings. The molecule has 0 saturated heterocycles. The molecule has 3 rings (SSSR count). The fraction of sp³-hybridized carbons (Fsp3) is 0.0909. The van der Waals surface area contributed by atoms with E-state index in [4.69, 9.17) is 4.42 Å². The Labute approximate surface area is 116 Å². The predicted octanol–water partition coefficient (Wildman–Crippen LogP) is 1.24. The molecule has 0 atom stereocenters. The fourth-order valence-corrected chi connectivity index (χ4v) is 1.67. The van der Waals surface area contributed by atoms with Crippen LogP contribution in [0.5, 0.6) is 0 Å². The summed E-state index contributed by atoms with van der Waals surface area (Å²) in [5.41, 5.74) is 0.583. The minimum absolute atomic E-state index is 0.00708. The van der Waals surface area contributed by atoms with Gasteiger partial charge in [-0.3, -0.25) is 14.7 Å². The van der Waals surface area contributed by atoms with Crippen LogP contribution in [-0.4, -0.2) is 20.3 Å². The van der Waals surface area contributed by atoms with Gasteiger partial charge in [-0.25, -0.2) is 0 Å². The normalized spacial score (nSPS) is 10.7. The first kappa shape index (κ1) is 12.7. The van der Waals surface area contributed by atoms with Crippen molar-refractivity contribution in [2.75, 3.05) is 0 Å². The van der Waals surface area contributed by atoms with Crippen molar-refractivity contribution in [2.24, 2.45) is 0 Å². The van der Waals surface area contributed by atoms with Crippen molar-refractivity contribution >= 4 is 5.69 Å². The van der Waals surface area contributed by atoms with E-state index in [1.807, 2.05) is 0 Å².